The second kappa shape index (κ2) is 5.49. The van der Waals surface area contributed by atoms with Gasteiger partial charge in [0.25, 0.3) is 0 Å². The van der Waals surface area contributed by atoms with Crippen molar-refractivity contribution >= 4 is 11.9 Å². The van der Waals surface area contributed by atoms with Crippen LogP contribution in [0.2, 0.25) is 0 Å². The van der Waals surface area contributed by atoms with Gasteiger partial charge in [-0.25, -0.2) is 4.79 Å². The highest BCUT2D eigenvalue weighted by molar-refractivity contribution is 5.92. The summed E-state index contributed by atoms with van der Waals surface area (Å²) in [4.78, 5) is 26.8. The van der Waals surface area contributed by atoms with Gasteiger partial charge in [-0.15, -0.1) is 0 Å². The van der Waals surface area contributed by atoms with Gasteiger partial charge in [0.05, 0.1) is 30.7 Å². The maximum absolute atomic E-state index is 13.0. The average Bonchev–Trinajstić information content (AvgIpc) is 3.00. The molecule has 2 aliphatic heterocycles. The highest BCUT2D eigenvalue weighted by Crippen LogP contribution is 2.50. The van der Waals surface area contributed by atoms with E-state index in [0.29, 0.717) is 5.56 Å². The van der Waals surface area contributed by atoms with Crippen molar-refractivity contribution < 1.29 is 19.4 Å². The number of hydrogen-bond donors (Lipinski definition) is 1. The smallest absolute Gasteiger partial charge is 0.410 e. The molecule has 1 fully saturated rings. The Balaban J connectivity index is 2.07. The summed E-state index contributed by atoms with van der Waals surface area (Å²) < 4.78 is 4.89. The van der Waals surface area contributed by atoms with Gasteiger partial charge in [-0.3, -0.25) is 9.69 Å². The van der Waals surface area contributed by atoms with Crippen LogP contribution in [0.4, 0.5) is 4.79 Å². The van der Waals surface area contributed by atoms with E-state index in [9.17, 15) is 14.7 Å². The van der Waals surface area contributed by atoms with Crippen LogP contribution in [0.15, 0.2) is 42.5 Å². The van der Waals surface area contributed by atoms with Gasteiger partial charge in [0, 0.05) is 5.92 Å². The van der Waals surface area contributed by atoms with Crippen LogP contribution in [-0.4, -0.2) is 41.1 Å². The van der Waals surface area contributed by atoms with E-state index in [2.05, 4.69) is 0 Å². The van der Waals surface area contributed by atoms with E-state index in [4.69, 9.17) is 4.74 Å². The predicted octanol–water partition coefficient (Wildman–Crippen LogP) is 2.32. The number of carbonyl (C=O) groups excluding carboxylic acids is 2. The number of rotatable bonds is 2. The number of ketones is 1. The minimum absolute atomic E-state index is 0.0333. The number of ether oxygens (including phenoxy) is 1. The fraction of sp³-hybridized carbons (Fsp3) is 0.444. The van der Waals surface area contributed by atoms with E-state index in [-0.39, 0.29) is 11.8 Å². The summed E-state index contributed by atoms with van der Waals surface area (Å²) in [7, 11) is 1.33. The fourth-order valence-electron chi connectivity index (χ4n) is 3.90. The lowest BCUT2D eigenvalue weighted by molar-refractivity contribution is -0.151. The molecule has 5 heteroatoms. The second-order valence-corrected chi connectivity index (χ2v) is 6.45. The number of aliphatic hydroxyl groups is 1. The van der Waals surface area contributed by atoms with Crippen molar-refractivity contribution in [3.63, 3.8) is 0 Å². The predicted molar refractivity (Wildman–Crippen MR) is 84.6 cm³/mol. The van der Waals surface area contributed by atoms with Gasteiger partial charge >= 0.3 is 6.09 Å². The summed E-state index contributed by atoms with van der Waals surface area (Å²) in [5, 5.41) is 11.0. The molecule has 2 bridgehead atoms. The molecule has 1 aromatic rings. The number of Topliss-reactive ketones (excluding diaryl/α,β-unsaturated/α-hetero) is 1. The number of methoxy groups -OCH3 is 1. The molecule has 0 aliphatic carbocycles. The Bertz CT molecular complexity index is 656. The SMILES string of the molecule is COC(=O)N1[C@H]2C=C[C@@H]1[C@@](C)([C@H](O)c1ccccc1)C(=O)[C@@H]2C. The molecule has 122 valence electrons. The molecule has 0 unspecified atom stereocenters. The first-order valence-electron chi connectivity index (χ1n) is 7.74. The molecule has 0 aromatic heterocycles. The topological polar surface area (TPSA) is 66.8 Å². The zero-order valence-electron chi connectivity index (χ0n) is 13.5. The van der Waals surface area contributed by atoms with Gasteiger partial charge in [0.2, 0.25) is 0 Å². The Kier molecular flexibility index (Phi) is 3.76. The Morgan fingerprint density at radius 1 is 1.30 bits per heavy atom. The molecule has 1 aromatic carbocycles. The standard InChI is InChI=1S/C18H21NO4/c1-11-13-9-10-14(19(13)17(22)23-3)18(2,15(11)20)16(21)12-7-5-4-6-8-12/h4-11,13-14,16,21H,1-3H3/t11-,13+,14-,16-,18-/m1/s1. The molecule has 0 saturated carbocycles. The van der Waals surface area contributed by atoms with Crippen LogP contribution in [0.3, 0.4) is 0 Å². The Morgan fingerprint density at radius 2 is 1.96 bits per heavy atom. The maximum atomic E-state index is 13.0. The summed E-state index contributed by atoms with van der Waals surface area (Å²) in [6.45, 7) is 3.53. The summed E-state index contributed by atoms with van der Waals surface area (Å²) in [5.74, 6) is -0.429. The second-order valence-electron chi connectivity index (χ2n) is 6.45. The average molecular weight is 315 g/mol. The molecule has 5 nitrogen and oxygen atoms in total. The molecule has 0 radical (unpaired) electrons. The van der Waals surface area contributed by atoms with Gasteiger partial charge in [0.1, 0.15) is 5.78 Å². The largest absolute Gasteiger partial charge is 0.453 e. The summed E-state index contributed by atoms with van der Waals surface area (Å²) >= 11 is 0. The van der Waals surface area contributed by atoms with E-state index in [1.165, 1.54) is 7.11 Å². The number of nitrogens with zero attached hydrogens (tertiary/aromatic N) is 1. The first-order chi connectivity index (χ1) is 10.9. The van der Waals surface area contributed by atoms with Crippen molar-refractivity contribution in [2.45, 2.75) is 32.0 Å². The van der Waals surface area contributed by atoms with Crippen molar-refractivity contribution in [2.24, 2.45) is 11.3 Å². The summed E-state index contributed by atoms with van der Waals surface area (Å²) in [6.07, 6.45) is 2.23. The summed E-state index contributed by atoms with van der Waals surface area (Å²) in [5.41, 5.74) is -0.447. The van der Waals surface area contributed by atoms with Crippen molar-refractivity contribution in [1.29, 1.82) is 0 Å². The number of amides is 1. The van der Waals surface area contributed by atoms with Crippen LogP contribution in [0, 0.1) is 11.3 Å². The number of aliphatic hydroxyl groups excluding tert-OH is 1. The quantitative estimate of drug-likeness (QED) is 0.851. The fourth-order valence-corrected chi connectivity index (χ4v) is 3.90. The molecule has 23 heavy (non-hydrogen) atoms. The molecule has 0 spiro atoms. The van der Waals surface area contributed by atoms with Gasteiger partial charge < -0.3 is 9.84 Å². The molecule has 2 heterocycles. The minimum atomic E-state index is -1.11. The third-order valence-corrected chi connectivity index (χ3v) is 5.25. The zero-order valence-corrected chi connectivity index (χ0v) is 13.5. The molecule has 5 atom stereocenters. The van der Waals surface area contributed by atoms with Gasteiger partial charge in [0.15, 0.2) is 0 Å². The monoisotopic (exact) mass is 315 g/mol. The molecule has 2 aliphatic rings. The first kappa shape index (κ1) is 15.7. The lowest BCUT2D eigenvalue weighted by Crippen LogP contribution is -2.63. The van der Waals surface area contributed by atoms with E-state index in [1.54, 1.807) is 30.9 Å². The van der Waals surface area contributed by atoms with E-state index >= 15 is 0 Å². The Hall–Kier alpha value is -2.14. The first-order valence-corrected chi connectivity index (χ1v) is 7.74. The molecule has 1 amide bonds. The van der Waals surface area contributed by atoms with Crippen LogP contribution >= 0.6 is 0 Å². The highest BCUT2D eigenvalue weighted by Gasteiger charge is 2.60. The zero-order chi connectivity index (χ0) is 16.8. The normalized spacial score (nSPS) is 33.7. The highest BCUT2D eigenvalue weighted by atomic mass is 16.5. The van der Waals surface area contributed by atoms with Gasteiger partial charge in [-0.1, -0.05) is 49.4 Å². The molecule has 1 saturated heterocycles. The number of fused-ring (bicyclic) bond motifs is 2. The molecule has 1 N–H and O–H groups in total. The lowest BCUT2D eigenvalue weighted by Gasteiger charge is -2.49. The van der Waals surface area contributed by atoms with E-state index in [1.807, 2.05) is 30.4 Å². The minimum Gasteiger partial charge on any atom is -0.453 e. The van der Waals surface area contributed by atoms with Crippen LogP contribution in [0.25, 0.3) is 0 Å². The van der Waals surface area contributed by atoms with Crippen molar-refractivity contribution in [3.05, 3.63) is 48.0 Å². The van der Waals surface area contributed by atoms with Crippen LogP contribution in [0.5, 0.6) is 0 Å². The van der Waals surface area contributed by atoms with Crippen LogP contribution in [0.1, 0.15) is 25.5 Å². The Morgan fingerprint density at radius 3 is 2.57 bits per heavy atom. The number of benzene rings is 1. The van der Waals surface area contributed by atoms with Crippen molar-refractivity contribution in [1.82, 2.24) is 4.90 Å². The molecular formula is C18H21NO4. The molecule has 3 rings (SSSR count). The lowest BCUT2D eigenvalue weighted by atomic mass is 9.65. The Labute approximate surface area is 135 Å². The van der Waals surface area contributed by atoms with Gasteiger partial charge in [-0.05, 0) is 12.5 Å². The third-order valence-electron chi connectivity index (χ3n) is 5.25. The number of carbonyl (C=O) groups is 2. The maximum Gasteiger partial charge on any atom is 0.410 e. The third kappa shape index (κ3) is 2.10. The molecular weight excluding hydrogens is 294 g/mol. The van der Waals surface area contributed by atoms with Crippen molar-refractivity contribution in [3.8, 4) is 0 Å². The number of hydrogen-bond acceptors (Lipinski definition) is 4. The van der Waals surface area contributed by atoms with E-state index in [0.717, 1.165) is 0 Å². The summed E-state index contributed by atoms with van der Waals surface area (Å²) in [6, 6.07) is 8.27. The van der Waals surface area contributed by atoms with Crippen LogP contribution in [-0.2, 0) is 9.53 Å². The van der Waals surface area contributed by atoms with Crippen LogP contribution < -0.4 is 0 Å². The number of piperidine rings is 1. The van der Waals surface area contributed by atoms with E-state index < -0.39 is 29.6 Å². The van der Waals surface area contributed by atoms with Gasteiger partial charge in [-0.2, -0.15) is 0 Å². The van der Waals surface area contributed by atoms with Crippen molar-refractivity contribution in [2.75, 3.05) is 7.11 Å².